The largest absolute Gasteiger partial charge is 0.261 e. The van der Waals surface area contributed by atoms with E-state index in [2.05, 4.69) is 4.99 Å². The summed E-state index contributed by atoms with van der Waals surface area (Å²) in [6.07, 6.45) is 2.82. The topological polar surface area (TPSA) is 46.5 Å². The van der Waals surface area contributed by atoms with Gasteiger partial charge in [-0.05, 0) is 36.3 Å². The fourth-order valence-electron chi connectivity index (χ4n) is 2.01. The van der Waals surface area contributed by atoms with Crippen LogP contribution in [0.5, 0.6) is 0 Å². The summed E-state index contributed by atoms with van der Waals surface area (Å²) in [5, 5.41) is -1.01. The molecule has 108 valence electrons. The molecule has 2 rings (SSSR count). The van der Waals surface area contributed by atoms with E-state index in [-0.39, 0.29) is 22.9 Å². The molecule has 1 unspecified atom stereocenters. The van der Waals surface area contributed by atoms with Crippen LogP contribution in [0.25, 0.3) is 0 Å². The van der Waals surface area contributed by atoms with Gasteiger partial charge in [0.2, 0.25) is 0 Å². The fourth-order valence-corrected chi connectivity index (χ4v) is 3.73. The zero-order valence-corrected chi connectivity index (χ0v) is 12.0. The number of sulfone groups is 1. The van der Waals surface area contributed by atoms with Crippen LogP contribution >= 0.6 is 0 Å². The molecule has 0 saturated heterocycles. The molecule has 6 heteroatoms. The molecule has 1 aromatic carbocycles. The molecule has 3 nitrogen and oxygen atoms in total. The van der Waals surface area contributed by atoms with E-state index in [1.165, 1.54) is 12.2 Å². The van der Waals surface area contributed by atoms with Crippen LogP contribution in [0, 0.1) is 17.6 Å². The average Bonchev–Trinajstić information content (AvgIpc) is 2.80. The molecule has 0 saturated carbocycles. The molecule has 0 spiro atoms. The normalized spacial score (nSPS) is 18.6. The Bertz CT molecular complexity index is 678. The fraction of sp³-hybridized carbons (Fsp3) is 0.357. The van der Waals surface area contributed by atoms with E-state index < -0.39 is 26.8 Å². The van der Waals surface area contributed by atoms with Crippen molar-refractivity contribution < 1.29 is 17.2 Å². The molecule has 0 radical (unpaired) electrons. The molecular formula is C14H15F2NO2S. The van der Waals surface area contributed by atoms with Crippen molar-refractivity contribution in [3.63, 3.8) is 0 Å². The van der Waals surface area contributed by atoms with Crippen molar-refractivity contribution in [3.05, 3.63) is 47.5 Å². The quantitative estimate of drug-likeness (QED) is 0.858. The third kappa shape index (κ3) is 3.12. The Balaban J connectivity index is 2.32. The van der Waals surface area contributed by atoms with Crippen LogP contribution in [0.1, 0.15) is 19.4 Å². The molecule has 1 aromatic rings. The summed E-state index contributed by atoms with van der Waals surface area (Å²) < 4.78 is 50.9. The summed E-state index contributed by atoms with van der Waals surface area (Å²) in [4.78, 5) is 4.00. The Hall–Kier alpha value is -1.56. The number of hydrogen-bond donors (Lipinski definition) is 0. The Morgan fingerprint density at radius 1 is 1.30 bits per heavy atom. The summed E-state index contributed by atoms with van der Waals surface area (Å²) in [6.45, 7) is 3.60. The minimum atomic E-state index is -3.41. The summed E-state index contributed by atoms with van der Waals surface area (Å²) in [7, 11) is -3.41. The van der Waals surface area contributed by atoms with E-state index >= 15 is 0 Å². The molecule has 0 bridgehead atoms. The van der Waals surface area contributed by atoms with Gasteiger partial charge >= 0.3 is 0 Å². The number of hydrogen-bond acceptors (Lipinski definition) is 3. The number of allylic oxidation sites excluding steroid dienone is 1. The Morgan fingerprint density at radius 2 is 2.00 bits per heavy atom. The van der Waals surface area contributed by atoms with Crippen molar-refractivity contribution in [1.29, 1.82) is 0 Å². The van der Waals surface area contributed by atoms with Gasteiger partial charge in [-0.3, -0.25) is 4.99 Å². The number of aliphatic imine (C=N–C) groups is 1. The lowest BCUT2D eigenvalue weighted by molar-refractivity contribution is 0.576. The lowest BCUT2D eigenvalue weighted by Crippen LogP contribution is -2.22. The van der Waals surface area contributed by atoms with Crippen LogP contribution in [0.15, 0.2) is 35.3 Å². The van der Waals surface area contributed by atoms with Crippen molar-refractivity contribution >= 4 is 15.5 Å². The standard InChI is InChI=1S/C14H15F2NO2S/c1-9(2)8-20(18,19)14-6-5-13(17-14)11-7-10(15)3-4-12(11)16/h3-7,9,14H,8H2,1-2H3. The average molecular weight is 299 g/mol. The van der Waals surface area contributed by atoms with Crippen LogP contribution in [-0.4, -0.2) is 25.3 Å². The van der Waals surface area contributed by atoms with Gasteiger partial charge in [0.15, 0.2) is 15.2 Å². The summed E-state index contributed by atoms with van der Waals surface area (Å²) in [5.41, 5.74) is 0.128. The third-order valence-electron chi connectivity index (χ3n) is 2.82. The van der Waals surface area contributed by atoms with Crippen molar-refractivity contribution in [3.8, 4) is 0 Å². The van der Waals surface area contributed by atoms with Gasteiger partial charge in [0.1, 0.15) is 11.6 Å². The zero-order valence-electron chi connectivity index (χ0n) is 11.2. The second-order valence-corrected chi connectivity index (χ2v) is 7.25. The molecular weight excluding hydrogens is 284 g/mol. The Morgan fingerprint density at radius 3 is 2.65 bits per heavy atom. The number of halogens is 2. The molecule has 0 N–H and O–H groups in total. The highest BCUT2D eigenvalue weighted by molar-refractivity contribution is 7.92. The minimum absolute atomic E-state index is 0.00438. The molecule has 1 aliphatic heterocycles. The molecule has 0 amide bonds. The molecule has 20 heavy (non-hydrogen) atoms. The lowest BCUT2D eigenvalue weighted by atomic mass is 10.1. The van der Waals surface area contributed by atoms with Gasteiger partial charge in [-0.25, -0.2) is 17.2 Å². The zero-order chi connectivity index (χ0) is 14.9. The lowest BCUT2D eigenvalue weighted by Gasteiger charge is -2.09. The minimum Gasteiger partial charge on any atom is -0.261 e. The Labute approximate surface area is 117 Å². The number of benzene rings is 1. The molecule has 1 heterocycles. The first kappa shape index (κ1) is 14.8. The summed E-state index contributed by atoms with van der Waals surface area (Å²) in [5.74, 6) is -1.23. The van der Waals surface area contributed by atoms with Gasteiger partial charge in [-0.2, -0.15) is 0 Å². The maximum Gasteiger partial charge on any atom is 0.177 e. The van der Waals surface area contributed by atoms with Crippen LogP contribution < -0.4 is 0 Å². The van der Waals surface area contributed by atoms with E-state index in [0.717, 1.165) is 18.2 Å². The van der Waals surface area contributed by atoms with Crippen molar-refractivity contribution in [2.45, 2.75) is 19.2 Å². The first-order valence-electron chi connectivity index (χ1n) is 6.22. The highest BCUT2D eigenvalue weighted by Crippen LogP contribution is 2.20. The highest BCUT2D eigenvalue weighted by atomic mass is 32.2. The van der Waals surface area contributed by atoms with Gasteiger partial charge in [0, 0.05) is 5.56 Å². The highest BCUT2D eigenvalue weighted by Gasteiger charge is 2.27. The van der Waals surface area contributed by atoms with Gasteiger partial charge < -0.3 is 0 Å². The first-order chi connectivity index (χ1) is 9.29. The van der Waals surface area contributed by atoms with E-state index in [0.29, 0.717) is 0 Å². The third-order valence-corrected chi connectivity index (χ3v) is 4.95. The van der Waals surface area contributed by atoms with Crippen molar-refractivity contribution in [1.82, 2.24) is 0 Å². The predicted molar refractivity (Wildman–Crippen MR) is 74.4 cm³/mol. The van der Waals surface area contributed by atoms with Crippen LogP contribution in [0.3, 0.4) is 0 Å². The van der Waals surface area contributed by atoms with Gasteiger partial charge in [0.25, 0.3) is 0 Å². The number of rotatable bonds is 4. The molecule has 1 aliphatic rings. The van der Waals surface area contributed by atoms with Gasteiger partial charge in [0.05, 0.1) is 11.5 Å². The second kappa shape index (κ2) is 5.44. The van der Waals surface area contributed by atoms with Crippen LogP contribution in [0.4, 0.5) is 8.78 Å². The van der Waals surface area contributed by atoms with Gasteiger partial charge in [-0.1, -0.05) is 13.8 Å². The van der Waals surface area contributed by atoms with Crippen molar-refractivity contribution in [2.24, 2.45) is 10.9 Å². The smallest absolute Gasteiger partial charge is 0.177 e. The summed E-state index contributed by atoms with van der Waals surface area (Å²) in [6, 6.07) is 3.01. The van der Waals surface area contributed by atoms with E-state index in [9.17, 15) is 17.2 Å². The summed E-state index contributed by atoms with van der Waals surface area (Å²) >= 11 is 0. The maximum atomic E-state index is 13.6. The maximum absolute atomic E-state index is 13.6. The second-order valence-electron chi connectivity index (χ2n) is 5.11. The monoisotopic (exact) mass is 299 g/mol. The Kier molecular flexibility index (Phi) is 4.04. The number of nitrogens with zero attached hydrogens (tertiary/aromatic N) is 1. The van der Waals surface area contributed by atoms with Crippen LogP contribution in [0.2, 0.25) is 0 Å². The SMILES string of the molecule is CC(C)CS(=O)(=O)C1C=CC(c2cc(F)ccc2F)=N1. The van der Waals surface area contributed by atoms with E-state index in [4.69, 9.17) is 0 Å². The van der Waals surface area contributed by atoms with E-state index in [1.54, 1.807) is 13.8 Å². The van der Waals surface area contributed by atoms with E-state index in [1.807, 2.05) is 0 Å². The molecule has 0 aromatic heterocycles. The first-order valence-corrected chi connectivity index (χ1v) is 7.94. The molecule has 1 atom stereocenters. The molecule has 0 aliphatic carbocycles. The van der Waals surface area contributed by atoms with Crippen LogP contribution in [-0.2, 0) is 9.84 Å². The van der Waals surface area contributed by atoms with Crippen molar-refractivity contribution in [2.75, 3.05) is 5.75 Å². The molecule has 0 fully saturated rings. The predicted octanol–water partition coefficient (Wildman–Crippen LogP) is 2.72. The van der Waals surface area contributed by atoms with Gasteiger partial charge in [-0.15, -0.1) is 0 Å².